The van der Waals surface area contributed by atoms with Crippen molar-refractivity contribution in [3.63, 3.8) is 0 Å². The number of carbonyl (C=O) groups excluding carboxylic acids is 3. The lowest BCUT2D eigenvalue weighted by Crippen LogP contribution is -2.30. The lowest BCUT2D eigenvalue weighted by Gasteiger charge is -2.12. The van der Waals surface area contributed by atoms with Gasteiger partial charge in [-0.1, -0.05) is 41.4 Å². The molecule has 4 rings (SSSR count). The highest BCUT2D eigenvalue weighted by atomic mass is 35.5. The lowest BCUT2D eigenvalue weighted by molar-refractivity contribution is -0.123. The second-order valence-electron chi connectivity index (χ2n) is 7.51. The number of methoxy groups -OCH3 is 1. The van der Waals surface area contributed by atoms with Gasteiger partial charge in [0.05, 0.1) is 35.3 Å². The first-order chi connectivity index (χ1) is 17.3. The zero-order valence-electron chi connectivity index (χ0n) is 18.7. The van der Waals surface area contributed by atoms with Crippen molar-refractivity contribution in [2.45, 2.75) is 13.2 Å². The summed E-state index contributed by atoms with van der Waals surface area (Å²) in [5, 5.41) is 12.1. The molecule has 0 saturated carbocycles. The molecule has 36 heavy (non-hydrogen) atoms. The number of ether oxygens (including phenoxy) is 2. The lowest BCUT2D eigenvalue weighted by atomic mass is 10.1. The third-order valence-electron chi connectivity index (χ3n) is 5.17. The van der Waals surface area contributed by atoms with Crippen LogP contribution < -0.4 is 10.1 Å². The third kappa shape index (κ3) is 5.20. The summed E-state index contributed by atoms with van der Waals surface area (Å²) in [5.41, 5.74) is 1.60. The number of amides is 3. The number of rotatable bonds is 7. The molecule has 0 spiro atoms. The Kier molecular flexibility index (Phi) is 7.29. The highest BCUT2D eigenvalue weighted by Gasteiger charge is 2.34. The van der Waals surface area contributed by atoms with E-state index in [2.05, 4.69) is 16.1 Å². The van der Waals surface area contributed by atoms with Crippen LogP contribution in [0.25, 0.3) is 6.08 Å². The average Bonchev–Trinajstić information content (AvgIpc) is 3.43. The molecule has 11 heteroatoms. The Labute approximate surface area is 215 Å². The van der Waals surface area contributed by atoms with Crippen LogP contribution in [0.15, 0.2) is 58.6 Å². The molecule has 1 aliphatic heterocycles. The van der Waals surface area contributed by atoms with Gasteiger partial charge in [-0.15, -0.1) is 0 Å². The number of esters is 1. The minimum atomic E-state index is -0.672. The molecule has 0 atom stereocenters. The van der Waals surface area contributed by atoms with Gasteiger partial charge in [0.1, 0.15) is 18.1 Å². The van der Waals surface area contributed by atoms with E-state index in [1.54, 1.807) is 24.3 Å². The van der Waals surface area contributed by atoms with E-state index < -0.39 is 17.9 Å². The summed E-state index contributed by atoms with van der Waals surface area (Å²) >= 11 is 12.7. The second-order valence-corrected chi connectivity index (χ2v) is 8.32. The van der Waals surface area contributed by atoms with Crippen molar-refractivity contribution in [1.82, 2.24) is 10.2 Å². The van der Waals surface area contributed by atoms with Crippen LogP contribution in [-0.2, 0) is 22.7 Å². The molecule has 3 aromatic rings. The van der Waals surface area contributed by atoms with Gasteiger partial charge in [0, 0.05) is 5.56 Å². The normalized spacial score (nSPS) is 14.1. The molecule has 2 heterocycles. The summed E-state index contributed by atoms with van der Waals surface area (Å²) in [7, 11) is 1.21. The highest BCUT2D eigenvalue weighted by Crippen LogP contribution is 2.36. The number of hydrogen-bond acceptors (Lipinski definition) is 7. The van der Waals surface area contributed by atoms with Crippen LogP contribution in [-0.4, -0.2) is 29.9 Å². The first-order valence-corrected chi connectivity index (χ1v) is 11.2. The Morgan fingerprint density at radius 2 is 1.89 bits per heavy atom. The van der Waals surface area contributed by atoms with Gasteiger partial charge in [-0.25, -0.2) is 9.59 Å². The van der Waals surface area contributed by atoms with Gasteiger partial charge in [0.2, 0.25) is 5.76 Å². The van der Waals surface area contributed by atoms with Gasteiger partial charge < -0.3 is 19.2 Å². The minimum Gasteiger partial charge on any atom is -0.486 e. The fraction of sp³-hybridized carbons (Fsp3) is 0.120. The van der Waals surface area contributed by atoms with Crippen molar-refractivity contribution < 1.29 is 28.3 Å². The number of nitriles is 1. The van der Waals surface area contributed by atoms with Crippen LogP contribution >= 0.6 is 23.2 Å². The van der Waals surface area contributed by atoms with Crippen LogP contribution in [0.4, 0.5) is 4.79 Å². The van der Waals surface area contributed by atoms with Gasteiger partial charge >= 0.3 is 12.0 Å². The Morgan fingerprint density at radius 1 is 1.17 bits per heavy atom. The first kappa shape index (κ1) is 24.9. The van der Waals surface area contributed by atoms with Crippen LogP contribution in [0, 0.1) is 11.3 Å². The van der Waals surface area contributed by atoms with Gasteiger partial charge in [-0.3, -0.25) is 9.69 Å². The average molecular weight is 526 g/mol. The van der Waals surface area contributed by atoms with E-state index in [1.807, 2.05) is 0 Å². The van der Waals surface area contributed by atoms with E-state index in [0.717, 1.165) is 4.90 Å². The van der Waals surface area contributed by atoms with E-state index in [0.29, 0.717) is 16.7 Å². The summed E-state index contributed by atoms with van der Waals surface area (Å²) in [6.45, 7) is -0.102. The molecule has 0 unspecified atom stereocenters. The van der Waals surface area contributed by atoms with E-state index in [1.165, 1.54) is 37.5 Å². The van der Waals surface area contributed by atoms with Crippen LogP contribution in [0.1, 0.15) is 33.0 Å². The van der Waals surface area contributed by atoms with Crippen LogP contribution in [0.5, 0.6) is 5.75 Å². The number of nitrogens with one attached hydrogen (secondary N) is 1. The van der Waals surface area contributed by atoms with E-state index in [-0.39, 0.29) is 46.2 Å². The Balaban J connectivity index is 1.49. The summed E-state index contributed by atoms with van der Waals surface area (Å²) in [6, 6.07) is 14.3. The molecular formula is C25H17Cl2N3O6. The summed E-state index contributed by atoms with van der Waals surface area (Å²) < 4.78 is 15.6. The fourth-order valence-electron chi connectivity index (χ4n) is 3.42. The quantitative estimate of drug-likeness (QED) is 0.264. The molecule has 1 aromatic heterocycles. The SMILES string of the molecule is COC(=O)c1ccc(CN2C(=O)N/C(=C\c3cc(Cl)c(OCc4ccccc4C#N)c(Cl)c3)C2=O)o1. The molecule has 0 bridgehead atoms. The molecule has 1 N–H and O–H groups in total. The Bertz CT molecular complexity index is 1420. The third-order valence-corrected chi connectivity index (χ3v) is 5.73. The number of nitrogens with zero attached hydrogens (tertiary/aromatic N) is 2. The molecular weight excluding hydrogens is 509 g/mol. The fourth-order valence-corrected chi connectivity index (χ4v) is 4.03. The smallest absolute Gasteiger partial charge is 0.373 e. The molecule has 9 nitrogen and oxygen atoms in total. The number of urea groups is 1. The van der Waals surface area contributed by atoms with Crippen molar-refractivity contribution in [2.24, 2.45) is 0 Å². The number of furan rings is 1. The van der Waals surface area contributed by atoms with Gasteiger partial charge in [-0.2, -0.15) is 5.26 Å². The van der Waals surface area contributed by atoms with Gasteiger partial charge in [0.25, 0.3) is 5.91 Å². The molecule has 1 saturated heterocycles. The number of hydrogen-bond donors (Lipinski definition) is 1. The van der Waals surface area contributed by atoms with E-state index in [4.69, 9.17) is 32.4 Å². The molecule has 2 aromatic carbocycles. The van der Waals surface area contributed by atoms with Crippen molar-refractivity contribution in [2.75, 3.05) is 7.11 Å². The topological polar surface area (TPSA) is 122 Å². The highest BCUT2D eigenvalue weighted by molar-refractivity contribution is 6.37. The summed E-state index contributed by atoms with van der Waals surface area (Å²) in [4.78, 5) is 37.6. The van der Waals surface area contributed by atoms with Gasteiger partial charge in [0.15, 0.2) is 5.75 Å². The molecule has 1 fully saturated rings. The predicted molar refractivity (Wildman–Crippen MR) is 129 cm³/mol. The summed E-state index contributed by atoms with van der Waals surface area (Å²) in [6.07, 6.45) is 1.43. The zero-order valence-corrected chi connectivity index (χ0v) is 20.2. The standard InChI is InChI=1S/C25H17Cl2N3O6/c1-34-24(32)21-7-6-17(36-21)12-30-23(31)20(29-25(30)33)10-14-8-18(26)22(19(27)9-14)35-13-16-5-3-2-4-15(16)11-28/h2-10H,12-13H2,1H3,(H,29,33)/b20-10-. The second kappa shape index (κ2) is 10.6. The van der Waals surface area contributed by atoms with Crippen molar-refractivity contribution in [3.05, 3.63) is 92.5 Å². The Morgan fingerprint density at radius 3 is 2.58 bits per heavy atom. The van der Waals surface area contributed by atoms with E-state index in [9.17, 15) is 19.6 Å². The Hall–Kier alpha value is -4.26. The van der Waals surface area contributed by atoms with Crippen molar-refractivity contribution in [3.8, 4) is 11.8 Å². The molecule has 3 amide bonds. The van der Waals surface area contributed by atoms with Crippen LogP contribution in [0.2, 0.25) is 10.0 Å². The molecule has 0 aliphatic carbocycles. The largest absolute Gasteiger partial charge is 0.486 e. The van der Waals surface area contributed by atoms with Crippen molar-refractivity contribution in [1.29, 1.82) is 5.26 Å². The number of benzene rings is 2. The summed E-state index contributed by atoms with van der Waals surface area (Å²) in [5.74, 6) is -0.870. The van der Waals surface area contributed by atoms with Crippen molar-refractivity contribution >= 4 is 47.2 Å². The number of halogens is 2. The maximum Gasteiger partial charge on any atom is 0.373 e. The van der Waals surface area contributed by atoms with E-state index >= 15 is 0 Å². The molecule has 1 aliphatic rings. The monoisotopic (exact) mass is 525 g/mol. The zero-order chi connectivity index (χ0) is 25.8. The predicted octanol–water partition coefficient (Wildman–Crippen LogP) is 4.92. The maximum absolute atomic E-state index is 12.8. The molecule has 0 radical (unpaired) electrons. The first-order valence-electron chi connectivity index (χ1n) is 10.4. The molecule has 182 valence electrons. The van der Waals surface area contributed by atoms with Crippen LogP contribution in [0.3, 0.4) is 0 Å². The maximum atomic E-state index is 12.8. The minimum absolute atomic E-state index is 0.00324. The van der Waals surface area contributed by atoms with Gasteiger partial charge in [-0.05, 0) is 42.0 Å². The number of imide groups is 1. The number of carbonyl (C=O) groups is 3.